The van der Waals surface area contributed by atoms with Crippen LogP contribution in [0.15, 0.2) is 24.3 Å². The van der Waals surface area contributed by atoms with Crippen molar-refractivity contribution in [2.24, 2.45) is 5.92 Å². The number of nitrogens with zero attached hydrogens (tertiary/aromatic N) is 4. The zero-order valence-corrected chi connectivity index (χ0v) is 22.6. The zero-order valence-electron chi connectivity index (χ0n) is 22.6. The van der Waals surface area contributed by atoms with Crippen molar-refractivity contribution in [1.82, 2.24) is 20.0 Å². The van der Waals surface area contributed by atoms with Gasteiger partial charge in [0.1, 0.15) is 12.1 Å². The molecule has 3 heterocycles. The maximum Gasteiger partial charge on any atom is 0.320 e. The van der Waals surface area contributed by atoms with E-state index in [1.807, 2.05) is 30.9 Å². The third-order valence-corrected chi connectivity index (χ3v) is 7.90. The molecule has 1 aromatic rings. The highest BCUT2D eigenvalue weighted by molar-refractivity contribution is 6.00. The summed E-state index contributed by atoms with van der Waals surface area (Å²) in [5.41, 5.74) is 1.54. The van der Waals surface area contributed by atoms with Crippen LogP contribution in [0.1, 0.15) is 63.7 Å². The summed E-state index contributed by atoms with van der Waals surface area (Å²) in [6.45, 7) is 11.9. The van der Waals surface area contributed by atoms with Gasteiger partial charge in [-0.25, -0.2) is 4.79 Å². The second-order valence-corrected chi connectivity index (χ2v) is 10.8. The number of hydrogen-bond acceptors (Lipinski definition) is 5. The molecule has 0 aliphatic carbocycles. The number of urea groups is 1. The summed E-state index contributed by atoms with van der Waals surface area (Å²) in [7, 11) is 0. The normalized spacial score (nSPS) is 22.0. The SMILES string of the molecule is CCN(CC)c1ccc(C(=O)NC(CC(C)C)C(=O)N2CCC3C2C(=O)CN3C(=O)N2CCCC2)cc1. The van der Waals surface area contributed by atoms with Gasteiger partial charge < -0.3 is 24.9 Å². The summed E-state index contributed by atoms with van der Waals surface area (Å²) in [5.74, 6) is -0.460. The van der Waals surface area contributed by atoms with Gasteiger partial charge in [0.2, 0.25) is 5.91 Å². The van der Waals surface area contributed by atoms with Crippen molar-refractivity contribution in [3.8, 4) is 0 Å². The molecule has 3 aliphatic rings. The predicted octanol–water partition coefficient (Wildman–Crippen LogP) is 2.75. The number of hydrogen-bond donors (Lipinski definition) is 1. The van der Waals surface area contributed by atoms with Crippen LogP contribution in [-0.4, -0.2) is 95.7 Å². The van der Waals surface area contributed by atoms with Crippen LogP contribution in [0.2, 0.25) is 0 Å². The molecule has 3 aliphatic heterocycles. The van der Waals surface area contributed by atoms with E-state index in [2.05, 4.69) is 24.1 Å². The molecule has 0 saturated carbocycles. The van der Waals surface area contributed by atoms with E-state index in [1.54, 1.807) is 21.9 Å². The van der Waals surface area contributed by atoms with E-state index < -0.39 is 12.1 Å². The van der Waals surface area contributed by atoms with Crippen LogP contribution < -0.4 is 10.2 Å². The number of fused-ring (bicyclic) bond motifs is 1. The lowest BCUT2D eigenvalue weighted by atomic mass is 10.0. The lowest BCUT2D eigenvalue weighted by molar-refractivity contribution is -0.138. The maximum atomic E-state index is 13.7. The number of ketones is 1. The molecule has 1 N–H and O–H groups in total. The number of anilines is 1. The van der Waals surface area contributed by atoms with E-state index in [-0.39, 0.29) is 42.1 Å². The lowest BCUT2D eigenvalue weighted by Gasteiger charge is -2.30. The molecule has 3 fully saturated rings. The molecule has 1 aromatic carbocycles. The Hall–Kier alpha value is -3.10. The van der Waals surface area contributed by atoms with Crippen LogP contribution in [0, 0.1) is 5.92 Å². The van der Waals surface area contributed by atoms with Gasteiger partial charge in [-0.2, -0.15) is 0 Å². The molecule has 9 heteroatoms. The first-order chi connectivity index (χ1) is 17.7. The molecular formula is C28H41N5O4. The number of carbonyl (C=O) groups is 4. The minimum Gasteiger partial charge on any atom is -0.372 e. The Bertz CT molecular complexity index is 1000. The van der Waals surface area contributed by atoms with Crippen LogP contribution in [-0.2, 0) is 9.59 Å². The van der Waals surface area contributed by atoms with Crippen molar-refractivity contribution < 1.29 is 19.2 Å². The summed E-state index contributed by atoms with van der Waals surface area (Å²) in [6.07, 6.45) is 3.03. The number of amides is 4. The van der Waals surface area contributed by atoms with E-state index in [0.29, 0.717) is 24.9 Å². The lowest BCUT2D eigenvalue weighted by Crippen LogP contribution is -2.53. The quantitative estimate of drug-likeness (QED) is 0.579. The van der Waals surface area contributed by atoms with E-state index in [9.17, 15) is 19.2 Å². The first kappa shape index (κ1) is 26.9. The second-order valence-electron chi connectivity index (χ2n) is 10.8. The van der Waals surface area contributed by atoms with Gasteiger partial charge in [0.25, 0.3) is 5.91 Å². The first-order valence-electron chi connectivity index (χ1n) is 13.8. The summed E-state index contributed by atoms with van der Waals surface area (Å²) in [6, 6.07) is 5.69. The van der Waals surface area contributed by atoms with E-state index in [0.717, 1.165) is 44.7 Å². The average Bonchev–Trinajstić information content (AvgIpc) is 3.63. The third kappa shape index (κ3) is 5.60. The number of rotatable bonds is 8. The highest BCUT2D eigenvalue weighted by Gasteiger charge is 2.53. The Morgan fingerprint density at radius 2 is 1.65 bits per heavy atom. The molecule has 3 atom stereocenters. The molecule has 0 spiro atoms. The maximum absolute atomic E-state index is 13.7. The fourth-order valence-electron chi connectivity index (χ4n) is 5.96. The number of carbonyl (C=O) groups excluding carboxylic acids is 4. The number of Topliss-reactive ketones (excluding diaryl/α,β-unsaturated/α-hetero) is 1. The highest BCUT2D eigenvalue weighted by Crippen LogP contribution is 2.32. The van der Waals surface area contributed by atoms with Crippen molar-refractivity contribution in [2.75, 3.05) is 44.2 Å². The Kier molecular flexibility index (Phi) is 8.39. The minimum atomic E-state index is -0.732. The molecular weight excluding hydrogens is 470 g/mol. The zero-order chi connectivity index (χ0) is 26.7. The summed E-state index contributed by atoms with van der Waals surface area (Å²) >= 11 is 0. The van der Waals surface area contributed by atoms with E-state index >= 15 is 0 Å². The fraction of sp³-hybridized carbons (Fsp3) is 0.643. The smallest absolute Gasteiger partial charge is 0.320 e. The van der Waals surface area contributed by atoms with Gasteiger partial charge in [-0.05, 0) is 69.7 Å². The number of nitrogens with one attached hydrogen (secondary N) is 1. The van der Waals surface area contributed by atoms with Gasteiger partial charge in [-0.3, -0.25) is 14.4 Å². The molecule has 4 amide bonds. The van der Waals surface area contributed by atoms with Crippen LogP contribution in [0.4, 0.5) is 10.5 Å². The molecule has 3 unspecified atom stereocenters. The Labute approximate surface area is 220 Å². The van der Waals surface area contributed by atoms with Gasteiger partial charge in [0.15, 0.2) is 5.78 Å². The first-order valence-corrected chi connectivity index (χ1v) is 13.8. The molecule has 37 heavy (non-hydrogen) atoms. The summed E-state index contributed by atoms with van der Waals surface area (Å²) < 4.78 is 0. The van der Waals surface area contributed by atoms with Crippen LogP contribution in [0.25, 0.3) is 0 Å². The van der Waals surface area contributed by atoms with Gasteiger partial charge in [-0.1, -0.05) is 13.8 Å². The molecule has 202 valence electrons. The second kappa shape index (κ2) is 11.5. The minimum absolute atomic E-state index is 0.0501. The van der Waals surface area contributed by atoms with Crippen LogP contribution >= 0.6 is 0 Å². The van der Waals surface area contributed by atoms with Gasteiger partial charge in [0.05, 0.1) is 12.6 Å². The summed E-state index contributed by atoms with van der Waals surface area (Å²) in [4.78, 5) is 60.2. The topological polar surface area (TPSA) is 93.3 Å². The van der Waals surface area contributed by atoms with Crippen molar-refractivity contribution in [1.29, 1.82) is 0 Å². The van der Waals surface area contributed by atoms with Gasteiger partial charge in [-0.15, -0.1) is 0 Å². The predicted molar refractivity (Wildman–Crippen MR) is 143 cm³/mol. The summed E-state index contributed by atoms with van der Waals surface area (Å²) in [5, 5.41) is 2.95. The molecule has 4 rings (SSSR count). The third-order valence-electron chi connectivity index (χ3n) is 7.90. The van der Waals surface area contributed by atoms with Gasteiger partial charge in [0, 0.05) is 44.0 Å². The van der Waals surface area contributed by atoms with Crippen LogP contribution in [0.5, 0.6) is 0 Å². The van der Waals surface area contributed by atoms with Gasteiger partial charge >= 0.3 is 6.03 Å². The Morgan fingerprint density at radius 1 is 1.00 bits per heavy atom. The van der Waals surface area contributed by atoms with Crippen molar-refractivity contribution >= 4 is 29.3 Å². The molecule has 0 aromatic heterocycles. The number of benzene rings is 1. The largest absolute Gasteiger partial charge is 0.372 e. The van der Waals surface area contributed by atoms with Crippen molar-refractivity contribution in [2.45, 2.75) is 71.5 Å². The van der Waals surface area contributed by atoms with Crippen molar-refractivity contribution in [3.05, 3.63) is 29.8 Å². The molecule has 0 bridgehead atoms. The monoisotopic (exact) mass is 511 g/mol. The highest BCUT2D eigenvalue weighted by atomic mass is 16.2. The standard InChI is InChI=1S/C28H41N5O4/c1-5-30(6-2)21-11-9-20(10-12-21)26(35)29-22(17-19(3)4)27(36)32-16-13-23-25(32)24(34)18-33(23)28(37)31-14-7-8-15-31/h9-12,19,22-23,25H,5-8,13-18H2,1-4H3,(H,29,35). The van der Waals surface area contributed by atoms with E-state index in [1.165, 1.54) is 0 Å². The van der Waals surface area contributed by atoms with E-state index in [4.69, 9.17) is 0 Å². The molecule has 3 saturated heterocycles. The van der Waals surface area contributed by atoms with Crippen molar-refractivity contribution in [3.63, 3.8) is 0 Å². The Morgan fingerprint density at radius 3 is 2.24 bits per heavy atom. The van der Waals surface area contributed by atoms with Crippen LogP contribution in [0.3, 0.4) is 0 Å². The molecule has 9 nitrogen and oxygen atoms in total. The Balaban J connectivity index is 1.46. The number of likely N-dealkylation sites (tertiary alicyclic amines) is 3. The molecule has 0 radical (unpaired) electrons. The fourth-order valence-corrected chi connectivity index (χ4v) is 5.96. The average molecular weight is 512 g/mol.